The van der Waals surface area contributed by atoms with Crippen LogP contribution in [0.25, 0.3) is 0 Å². The normalized spacial score (nSPS) is 14.7. The van der Waals surface area contributed by atoms with E-state index in [1.165, 1.54) is 44.9 Å². The number of unbranched alkanes of at least 4 members (excludes halogenated alkanes) is 11. The lowest BCUT2D eigenvalue weighted by Gasteiger charge is -2.19. The Morgan fingerprint density at radius 3 is 1.86 bits per heavy atom. The van der Waals surface area contributed by atoms with Crippen LogP contribution in [0, 0.1) is 0 Å². The van der Waals surface area contributed by atoms with Crippen LogP contribution in [0.15, 0.2) is 60.8 Å². The topological polar surface area (TPSA) is 155 Å². The van der Waals surface area contributed by atoms with Crippen LogP contribution in [0.2, 0.25) is 0 Å². The highest BCUT2D eigenvalue weighted by Crippen LogP contribution is 2.43. The van der Waals surface area contributed by atoms with Crippen LogP contribution < -0.4 is 5.73 Å². The van der Waals surface area contributed by atoms with Crippen molar-refractivity contribution in [3.63, 3.8) is 0 Å². The largest absolute Gasteiger partial charge is 0.472 e. The number of phosphoric acid groups is 1. The van der Waals surface area contributed by atoms with Gasteiger partial charge in [0.05, 0.1) is 19.3 Å². The third kappa shape index (κ3) is 34.1. The Morgan fingerprint density at radius 2 is 1.26 bits per heavy atom. The molecule has 0 bridgehead atoms. The molecule has 288 valence electrons. The van der Waals surface area contributed by atoms with E-state index in [1.807, 2.05) is 37.3 Å². The molecule has 0 heterocycles. The van der Waals surface area contributed by atoms with Crippen molar-refractivity contribution in [2.24, 2.45) is 5.73 Å². The highest BCUT2D eigenvalue weighted by molar-refractivity contribution is 7.47. The molecule has 0 aliphatic carbocycles. The van der Waals surface area contributed by atoms with Gasteiger partial charge in [0.1, 0.15) is 6.61 Å². The molecule has 0 amide bonds. The van der Waals surface area contributed by atoms with Gasteiger partial charge in [-0.05, 0) is 44.9 Å². The van der Waals surface area contributed by atoms with Crippen LogP contribution in [-0.2, 0) is 32.7 Å². The Hall–Kier alpha value is -2.33. The lowest BCUT2D eigenvalue weighted by molar-refractivity contribution is -0.161. The highest BCUT2D eigenvalue weighted by Gasteiger charge is 2.25. The van der Waals surface area contributed by atoms with E-state index in [0.29, 0.717) is 25.7 Å². The van der Waals surface area contributed by atoms with E-state index in [1.54, 1.807) is 6.08 Å². The second-order valence-electron chi connectivity index (χ2n) is 12.3. The van der Waals surface area contributed by atoms with Crippen molar-refractivity contribution in [2.75, 3.05) is 26.4 Å². The predicted octanol–water partition coefficient (Wildman–Crippen LogP) is 9.13. The summed E-state index contributed by atoms with van der Waals surface area (Å²) in [6, 6.07) is 0. The lowest BCUT2D eigenvalue weighted by Crippen LogP contribution is -2.29. The summed E-state index contributed by atoms with van der Waals surface area (Å²) >= 11 is 0. The molecule has 0 aromatic heterocycles. The number of carbonyl (C=O) groups excluding carboxylic acids is 2. The van der Waals surface area contributed by atoms with Crippen molar-refractivity contribution in [3.8, 4) is 0 Å². The summed E-state index contributed by atoms with van der Waals surface area (Å²) in [5.74, 6) is -0.922. The molecule has 0 saturated carbocycles. The second-order valence-corrected chi connectivity index (χ2v) is 13.7. The number of esters is 2. The predicted molar refractivity (Wildman–Crippen MR) is 202 cm³/mol. The first-order valence-electron chi connectivity index (χ1n) is 18.9. The fraction of sp³-hybridized carbons (Fsp3) is 0.692. The maximum Gasteiger partial charge on any atom is 0.472 e. The smallest absolute Gasteiger partial charge is 0.462 e. The molecular weight excluding hydrogens is 657 g/mol. The zero-order valence-corrected chi connectivity index (χ0v) is 31.9. The first-order valence-corrected chi connectivity index (χ1v) is 20.4. The third-order valence-electron chi connectivity index (χ3n) is 7.58. The molecule has 3 atom stereocenters. The van der Waals surface area contributed by atoms with Gasteiger partial charge in [-0.1, -0.05) is 139 Å². The van der Waals surface area contributed by atoms with Crippen LogP contribution in [0.1, 0.15) is 136 Å². The molecule has 1 unspecified atom stereocenters. The molecule has 0 aromatic carbocycles. The number of hydrogen-bond acceptors (Lipinski definition) is 9. The fourth-order valence-corrected chi connectivity index (χ4v) is 5.39. The number of rotatable bonds is 34. The lowest BCUT2D eigenvalue weighted by atomic mass is 10.1. The molecule has 0 radical (unpaired) electrons. The number of ether oxygens (including phenoxy) is 2. The molecule has 4 N–H and O–H groups in total. The summed E-state index contributed by atoms with van der Waals surface area (Å²) in [6.45, 7) is 3.29. The SMILES string of the molecule is CCCCCCCCCCCCCC(=O)O[C@H](COC(=O)CCC/C=C\C/C=C\C/C=C\C/C=C\C=C\[C@@H](O)CC)COP(=O)(O)OCCN. The number of carbonyl (C=O) groups is 2. The summed E-state index contributed by atoms with van der Waals surface area (Å²) in [5, 5.41) is 9.45. The zero-order chi connectivity index (χ0) is 37.0. The molecular formula is C39H68NO9P. The average Bonchev–Trinajstić information content (AvgIpc) is 3.10. The molecule has 0 fully saturated rings. The molecule has 0 aliphatic rings. The average molecular weight is 726 g/mol. The van der Waals surface area contributed by atoms with Gasteiger partial charge in [0.25, 0.3) is 0 Å². The number of phosphoric ester groups is 1. The van der Waals surface area contributed by atoms with E-state index in [2.05, 4.69) is 31.2 Å². The Bertz CT molecular complexity index is 1030. The van der Waals surface area contributed by atoms with Gasteiger partial charge in [0.15, 0.2) is 6.10 Å². The third-order valence-corrected chi connectivity index (χ3v) is 8.56. The van der Waals surface area contributed by atoms with Crippen LogP contribution in [-0.4, -0.2) is 60.5 Å². The first kappa shape index (κ1) is 47.7. The van der Waals surface area contributed by atoms with Crippen molar-refractivity contribution < 1.29 is 42.7 Å². The Kier molecular flexibility index (Phi) is 33.5. The van der Waals surface area contributed by atoms with Crippen LogP contribution >= 0.6 is 7.82 Å². The first-order chi connectivity index (χ1) is 24.2. The van der Waals surface area contributed by atoms with Crippen molar-refractivity contribution in [2.45, 2.75) is 148 Å². The van der Waals surface area contributed by atoms with Gasteiger partial charge in [0, 0.05) is 19.4 Å². The molecule has 50 heavy (non-hydrogen) atoms. The summed E-state index contributed by atoms with van der Waals surface area (Å²) in [7, 11) is -4.39. The molecule has 11 heteroatoms. The maximum absolute atomic E-state index is 12.5. The highest BCUT2D eigenvalue weighted by atomic mass is 31.2. The molecule has 0 rings (SSSR count). The molecule has 10 nitrogen and oxygen atoms in total. The van der Waals surface area contributed by atoms with Gasteiger partial charge in [0.2, 0.25) is 0 Å². The number of hydrogen-bond donors (Lipinski definition) is 3. The van der Waals surface area contributed by atoms with Crippen molar-refractivity contribution in [3.05, 3.63) is 60.8 Å². The van der Waals surface area contributed by atoms with Crippen molar-refractivity contribution >= 4 is 19.8 Å². The standard InChI is InChI=1S/C39H68NO9P/c1-3-5-6-7-8-9-14-19-22-25-28-31-39(43)49-37(35-48-50(44,45)47-33-32-40)34-46-38(42)30-27-24-21-18-16-13-11-10-12-15-17-20-23-26-29-36(41)4-2/h11-13,15,18,20-21,23,26,29,36-37,41H,3-10,14,16-17,19,22,24-25,27-28,30-35,40H2,1-2H3,(H,44,45)/b13-11-,15-12-,21-18-,23-20-,29-26+/t36-,37+/m0/s1. The quantitative estimate of drug-likeness (QED) is 0.0192. The number of aliphatic hydroxyl groups is 1. The van der Waals surface area contributed by atoms with Gasteiger partial charge >= 0.3 is 19.8 Å². The van der Waals surface area contributed by atoms with E-state index in [0.717, 1.165) is 38.5 Å². The fourth-order valence-electron chi connectivity index (χ4n) is 4.62. The maximum atomic E-state index is 12.5. The molecule has 0 spiro atoms. The van der Waals surface area contributed by atoms with Crippen molar-refractivity contribution in [1.82, 2.24) is 0 Å². The van der Waals surface area contributed by atoms with Crippen LogP contribution in [0.5, 0.6) is 0 Å². The van der Waals surface area contributed by atoms with E-state index < -0.39 is 32.5 Å². The summed E-state index contributed by atoms with van der Waals surface area (Å²) in [6.07, 6.45) is 36.4. The minimum absolute atomic E-state index is 0.0385. The molecule has 0 aromatic rings. The zero-order valence-electron chi connectivity index (χ0n) is 31.0. The monoisotopic (exact) mass is 725 g/mol. The van der Waals surface area contributed by atoms with E-state index in [-0.39, 0.29) is 38.7 Å². The Labute approximate surface area is 302 Å². The van der Waals surface area contributed by atoms with Crippen LogP contribution in [0.3, 0.4) is 0 Å². The van der Waals surface area contributed by atoms with Gasteiger partial charge in [-0.2, -0.15) is 0 Å². The Balaban J connectivity index is 4.34. The van der Waals surface area contributed by atoms with E-state index >= 15 is 0 Å². The van der Waals surface area contributed by atoms with Gasteiger partial charge in [-0.15, -0.1) is 0 Å². The van der Waals surface area contributed by atoms with Crippen molar-refractivity contribution in [1.29, 1.82) is 0 Å². The molecule has 0 saturated heterocycles. The number of allylic oxidation sites excluding steroid dienone is 9. The summed E-state index contributed by atoms with van der Waals surface area (Å²) in [4.78, 5) is 34.6. The number of nitrogens with two attached hydrogens (primary N) is 1. The minimum Gasteiger partial charge on any atom is -0.462 e. The second kappa shape index (κ2) is 35.1. The Morgan fingerprint density at radius 1 is 0.700 bits per heavy atom. The van der Waals surface area contributed by atoms with Gasteiger partial charge in [-0.25, -0.2) is 4.57 Å². The van der Waals surface area contributed by atoms with Crippen LogP contribution in [0.4, 0.5) is 0 Å². The summed E-state index contributed by atoms with van der Waals surface area (Å²) in [5.41, 5.74) is 5.32. The van der Waals surface area contributed by atoms with Gasteiger partial charge in [-0.3, -0.25) is 18.6 Å². The molecule has 0 aliphatic heterocycles. The minimum atomic E-state index is -4.39. The summed E-state index contributed by atoms with van der Waals surface area (Å²) < 4.78 is 32.5. The number of aliphatic hydroxyl groups excluding tert-OH is 1. The van der Waals surface area contributed by atoms with E-state index in [9.17, 15) is 24.2 Å². The van der Waals surface area contributed by atoms with E-state index in [4.69, 9.17) is 24.3 Å². The van der Waals surface area contributed by atoms with Gasteiger partial charge < -0.3 is 25.2 Å².